The molecule has 0 bridgehead atoms. The molecule has 3 rings (SSSR count). The van der Waals surface area contributed by atoms with E-state index in [-0.39, 0.29) is 0 Å². The van der Waals surface area contributed by atoms with Gasteiger partial charge in [0.15, 0.2) is 5.65 Å². The minimum absolute atomic E-state index is 0.308. The lowest BCUT2D eigenvalue weighted by molar-refractivity contribution is 0.779. The number of anilines is 1. The SMILES string of the molecule is Cc1ccccc1CC(C)Nc1ccn2ncc(Br)c2n1. The highest BCUT2D eigenvalue weighted by molar-refractivity contribution is 9.10. The van der Waals surface area contributed by atoms with E-state index in [2.05, 4.69) is 69.4 Å². The number of halogens is 1. The number of aryl methyl sites for hydroxylation is 1. The fraction of sp³-hybridized carbons (Fsp3) is 0.250. The van der Waals surface area contributed by atoms with Gasteiger partial charge in [-0.2, -0.15) is 5.10 Å². The van der Waals surface area contributed by atoms with Crippen LogP contribution in [0.25, 0.3) is 5.65 Å². The number of aromatic nitrogens is 3. The molecule has 0 aliphatic rings. The molecule has 1 aromatic carbocycles. The molecular weight excluding hydrogens is 328 g/mol. The first-order chi connectivity index (χ1) is 10.1. The Morgan fingerprint density at radius 1 is 1.29 bits per heavy atom. The van der Waals surface area contributed by atoms with E-state index in [1.54, 1.807) is 10.7 Å². The maximum absolute atomic E-state index is 4.58. The van der Waals surface area contributed by atoms with E-state index in [0.29, 0.717) is 6.04 Å². The zero-order chi connectivity index (χ0) is 14.8. The summed E-state index contributed by atoms with van der Waals surface area (Å²) in [5.74, 6) is 0.866. The summed E-state index contributed by atoms with van der Waals surface area (Å²) >= 11 is 3.46. The average Bonchev–Trinajstić information content (AvgIpc) is 2.83. The molecule has 3 aromatic rings. The summed E-state index contributed by atoms with van der Waals surface area (Å²) in [6, 6.07) is 10.7. The maximum Gasteiger partial charge on any atom is 0.171 e. The molecule has 0 aliphatic carbocycles. The molecule has 108 valence electrons. The maximum atomic E-state index is 4.58. The second-order valence-electron chi connectivity index (χ2n) is 5.25. The van der Waals surface area contributed by atoms with Gasteiger partial charge < -0.3 is 5.32 Å². The van der Waals surface area contributed by atoms with Crippen LogP contribution in [0.5, 0.6) is 0 Å². The second-order valence-corrected chi connectivity index (χ2v) is 6.10. The van der Waals surface area contributed by atoms with Crippen LogP contribution in [0.2, 0.25) is 0 Å². The van der Waals surface area contributed by atoms with E-state index >= 15 is 0 Å². The van der Waals surface area contributed by atoms with Crippen LogP contribution in [0.1, 0.15) is 18.1 Å². The summed E-state index contributed by atoms with van der Waals surface area (Å²) in [5.41, 5.74) is 3.51. The number of hydrogen-bond acceptors (Lipinski definition) is 3. The monoisotopic (exact) mass is 344 g/mol. The van der Waals surface area contributed by atoms with Gasteiger partial charge in [0.2, 0.25) is 0 Å². The zero-order valence-corrected chi connectivity index (χ0v) is 13.6. The third kappa shape index (κ3) is 3.08. The number of benzene rings is 1. The quantitative estimate of drug-likeness (QED) is 0.781. The first-order valence-electron chi connectivity index (χ1n) is 6.94. The van der Waals surface area contributed by atoms with Gasteiger partial charge in [-0.05, 0) is 53.4 Å². The molecule has 1 atom stereocenters. The van der Waals surface area contributed by atoms with Gasteiger partial charge in [-0.15, -0.1) is 0 Å². The van der Waals surface area contributed by atoms with Crippen LogP contribution in [0, 0.1) is 6.92 Å². The van der Waals surface area contributed by atoms with Gasteiger partial charge in [0.05, 0.1) is 10.7 Å². The molecule has 4 nitrogen and oxygen atoms in total. The van der Waals surface area contributed by atoms with E-state index in [9.17, 15) is 0 Å². The summed E-state index contributed by atoms with van der Waals surface area (Å²) < 4.78 is 2.65. The molecule has 0 radical (unpaired) electrons. The van der Waals surface area contributed by atoms with Crippen molar-refractivity contribution in [3.05, 3.63) is 58.3 Å². The van der Waals surface area contributed by atoms with Gasteiger partial charge in [0.1, 0.15) is 5.82 Å². The highest BCUT2D eigenvalue weighted by Crippen LogP contribution is 2.18. The molecule has 0 saturated carbocycles. The lowest BCUT2D eigenvalue weighted by Crippen LogP contribution is -2.19. The van der Waals surface area contributed by atoms with Crippen LogP contribution < -0.4 is 5.32 Å². The fourth-order valence-electron chi connectivity index (χ4n) is 2.39. The molecule has 5 heteroatoms. The number of fused-ring (bicyclic) bond motifs is 1. The molecule has 0 saturated heterocycles. The Morgan fingerprint density at radius 3 is 2.90 bits per heavy atom. The molecule has 21 heavy (non-hydrogen) atoms. The van der Waals surface area contributed by atoms with Crippen molar-refractivity contribution < 1.29 is 0 Å². The highest BCUT2D eigenvalue weighted by Gasteiger charge is 2.08. The lowest BCUT2D eigenvalue weighted by atomic mass is 10.0. The summed E-state index contributed by atoms with van der Waals surface area (Å²) in [5, 5.41) is 7.65. The average molecular weight is 345 g/mol. The summed E-state index contributed by atoms with van der Waals surface area (Å²) in [4.78, 5) is 4.58. The van der Waals surface area contributed by atoms with Crippen LogP contribution in [-0.2, 0) is 6.42 Å². The minimum Gasteiger partial charge on any atom is -0.367 e. The van der Waals surface area contributed by atoms with Crippen molar-refractivity contribution in [2.45, 2.75) is 26.3 Å². The Labute approximate surface area is 132 Å². The van der Waals surface area contributed by atoms with Crippen molar-refractivity contribution in [3.8, 4) is 0 Å². The Balaban J connectivity index is 1.75. The van der Waals surface area contributed by atoms with Crippen LogP contribution >= 0.6 is 15.9 Å². The van der Waals surface area contributed by atoms with Gasteiger partial charge in [-0.1, -0.05) is 24.3 Å². The molecule has 1 N–H and O–H groups in total. The van der Waals surface area contributed by atoms with E-state index in [4.69, 9.17) is 0 Å². The topological polar surface area (TPSA) is 42.2 Å². The van der Waals surface area contributed by atoms with E-state index < -0.39 is 0 Å². The molecule has 0 fully saturated rings. The zero-order valence-electron chi connectivity index (χ0n) is 12.0. The minimum atomic E-state index is 0.308. The van der Waals surface area contributed by atoms with Crippen molar-refractivity contribution in [2.24, 2.45) is 0 Å². The Bertz CT molecular complexity index is 766. The normalized spacial score (nSPS) is 12.5. The number of nitrogens with zero attached hydrogens (tertiary/aromatic N) is 3. The van der Waals surface area contributed by atoms with Gasteiger partial charge in [0.25, 0.3) is 0 Å². The van der Waals surface area contributed by atoms with Crippen molar-refractivity contribution in [1.82, 2.24) is 14.6 Å². The predicted molar refractivity (Wildman–Crippen MR) is 88.7 cm³/mol. The molecular formula is C16H17BrN4. The molecule has 0 amide bonds. The third-order valence-electron chi connectivity index (χ3n) is 3.51. The first-order valence-corrected chi connectivity index (χ1v) is 7.74. The van der Waals surface area contributed by atoms with Gasteiger partial charge in [0, 0.05) is 12.2 Å². The van der Waals surface area contributed by atoms with E-state index in [1.807, 2.05) is 12.3 Å². The summed E-state index contributed by atoms with van der Waals surface area (Å²) in [7, 11) is 0. The fourth-order valence-corrected chi connectivity index (χ4v) is 2.76. The summed E-state index contributed by atoms with van der Waals surface area (Å²) in [6.45, 7) is 4.32. The second kappa shape index (κ2) is 5.85. The Hall–Kier alpha value is -1.88. The molecule has 2 aromatic heterocycles. The molecule has 1 unspecified atom stereocenters. The van der Waals surface area contributed by atoms with Crippen molar-refractivity contribution in [3.63, 3.8) is 0 Å². The molecule has 0 aliphatic heterocycles. The van der Waals surface area contributed by atoms with Crippen LogP contribution in [0.3, 0.4) is 0 Å². The number of rotatable bonds is 4. The van der Waals surface area contributed by atoms with E-state index in [1.165, 1.54) is 11.1 Å². The Morgan fingerprint density at radius 2 is 2.10 bits per heavy atom. The molecule has 0 spiro atoms. The lowest BCUT2D eigenvalue weighted by Gasteiger charge is -2.16. The van der Waals surface area contributed by atoms with Crippen molar-refractivity contribution >= 4 is 27.4 Å². The smallest absolute Gasteiger partial charge is 0.171 e. The van der Waals surface area contributed by atoms with Gasteiger partial charge in [-0.3, -0.25) is 0 Å². The van der Waals surface area contributed by atoms with Crippen LogP contribution in [0.15, 0.2) is 47.2 Å². The van der Waals surface area contributed by atoms with Gasteiger partial charge >= 0.3 is 0 Å². The highest BCUT2D eigenvalue weighted by atomic mass is 79.9. The van der Waals surface area contributed by atoms with Crippen LogP contribution in [-0.4, -0.2) is 20.6 Å². The Kier molecular flexibility index (Phi) is 3.92. The standard InChI is InChI=1S/C16H17BrN4/c1-11-5-3-4-6-13(11)9-12(2)19-15-7-8-21-16(20-15)14(17)10-18-21/h3-8,10,12H,9H2,1-2H3,(H,19,20). The first kappa shape index (κ1) is 14.1. The van der Waals surface area contributed by atoms with Crippen molar-refractivity contribution in [2.75, 3.05) is 5.32 Å². The predicted octanol–water partition coefficient (Wildman–Crippen LogP) is 3.84. The largest absolute Gasteiger partial charge is 0.367 e. The molecule has 2 heterocycles. The van der Waals surface area contributed by atoms with E-state index in [0.717, 1.165) is 22.4 Å². The summed E-state index contributed by atoms with van der Waals surface area (Å²) in [6.07, 6.45) is 4.64. The van der Waals surface area contributed by atoms with Crippen molar-refractivity contribution in [1.29, 1.82) is 0 Å². The number of hydrogen-bond donors (Lipinski definition) is 1. The number of nitrogens with one attached hydrogen (secondary N) is 1. The van der Waals surface area contributed by atoms with Crippen LogP contribution in [0.4, 0.5) is 5.82 Å². The van der Waals surface area contributed by atoms with Gasteiger partial charge in [-0.25, -0.2) is 9.50 Å². The third-order valence-corrected chi connectivity index (χ3v) is 4.07.